The van der Waals surface area contributed by atoms with Crippen molar-refractivity contribution in [3.05, 3.63) is 71.4 Å². The van der Waals surface area contributed by atoms with Gasteiger partial charge in [-0.2, -0.15) is 0 Å². The number of benzene rings is 2. The van der Waals surface area contributed by atoms with Gasteiger partial charge in [-0.25, -0.2) is 0 Å². The maximum absolute atomic E-state index is 9.69. The van der Waals surface area contributed by atoms with Crippen molar-refractivity contribution in [3.63, 3.8) is 0 Å². The molecule has 20 heavy (non-hydrogen) atoms. The first-order chi connectivity index (χ1) is 9.81. The molecule has 0 atom stereocenters. The molecule has 2 nitrogen and oxygen atoms in total. The number of fused-ring (bicyclic) bond motifs is 1. The molecule has 102 valence electrons. The summed E-state index contributed by atoms with van der Waals surface area (Å²) in [5.74, 6) is 0. The van der Waals surface area contributed by atoms with Gasteiger partial charge in [0.1, 0.15) is 0 Å². The van der Waals surface area contributed by atoms with Crippen LogP contribution in [-0.2, 0) is 19.4 Å². The van der Waals surface area contributed by atoms with Crippen molar-refractivity contribution in [2.75, 3.05) is 0 Å². The Labute approximate surface area is 127 Å². The Hall–Kier alpha value is -1.58. The van der Waals surface area contributed by atoms with Crippen molar-refractivity contribution < 1.29 is 5.11 Å². The van der Waals surface area contributed by atoms with Gasteiger partial charge >= 0.3 is 0 Å². The first kappa shape index (κ1) is 13.4. The summed E-state index contributed by atoms with van der Waals surface area (Å²) in [6, 6.07) is 18.6. The van der Waals surface area contributed by atoms with E-state index in [1.165, 1.54) is 5.56 Å². The van der Waals surface area contributed by atoms with Crippen LogP contribution in [0.25, 0.3) is 10.9 Å². The van der Waals surface area contributed by atoms with Crippen LogP contribution in [0.2, 0.25) is 0 Å². The number of nitrogens with zero attached hydrogens (tertiary/aromatic N) is 1. The van der Waals surface area contributed by atoms with E-state index < -0.39 is 0 Å². The van der Waals surface area contributed by atoms with Crippen LogP contribution in [0.15, 0.2) is 54.6 Å². The van der Waals surface area contributed by atoms with E-state index in [2.05, 4.69) is 52.5 Å². The van der Waals surface area contributed by atoms with Gasteiger partial charge in [0.15, 0.2) is 0 Å². The molecule has 0 unspecified atom stereocenters. The molecule has 1 aromatic heterocycles. The zero-order valence-corrected chi connectivity index (χ0v) is 12.7. The fraction of sp³-hybridized carbons (Fsp3) is 0.176. The van der Waals surface area contributed by atoms with Crippen LogP contribution in [-0.4, -0.2) is 8.70 Å². The zero-order chi connectivity index (χ0) is 13.9. The van der Waals surface area contributed by atoms with E-state index in [9.17, 15) is 5.11 Å². The molecule has 2 aromatic carbocycles. The number of aliphatic hydroxyl groups excluding tert-OH is 1. The number of halogens is 1. The molecule has 0 aliphatic heterocycles. The van der Waals surface area contributed by atoms with Crippen LogP contribution in [0.4, 0.5) is 0 Å². The number of aliphatic hydroxyl groups is 1. The third-order valence-electron chi connectivity index (χ3n) is 3.68. The number of rotatable bonds is 4. The van der Waals surface area contributed by atoms with E-state index in [1.807, 2.05) is 21.8 Å². The minimum atomic E-state index is 0.0727. The lowest BCUT2D eigenvalue weighted by atomic mass is 10.0. The van der Waals surface area contributed by atoms with Crippen LogP contribution < -0.4 is 0 Å². The molecule has 0 saturated carbocycles. The lowest BCUT2D eigenvalue weighted by molar-refractivity contribution is 0.282. The zero-order valence-electron chi connectivity index (χ0n) is 11.1. The standard InChI is InChI=1S/C17H16BrNO/c18-19-16-9-5-4-8-14(16)15(12-20)17(19)11-10-13-6-2-1-3-7-13/h1-9,20H,10-12H2. The summed E-state index contributed by atoms with van der Waals surface area (Å²) in [7, 11) is 0. The first-order valence-electron chi connectivity index (χ1n) is 6.73. The molecular formula is C17H16BrNO. The van der Waals surface area contributed by atoms with E-state index in [4.69, 9.17) is 0 Å². The van der Waals surface area contributed by atoms with Gasteiger partial charge in [-0.05, 0) is 24.5 Å². The quantitative estimate of drug-likeness (QED) is 0.766. The average molecular weight is 330 g/mol. The topological polar surface area (TPSA) is 25.2 Å². The second-order valence-electron chi connectivity index (χ2n) is 4.87. The monoisotopic (exact) mass is 329 g/mol. The smallest absolute Gasteiger partial charge is 0.0705 e. The second-order valence-corrected chi connectivity index (χ2v) is 5.58. The number of hydrogen-bond donors (Lipinski definition) is 1. The van der Waals surface area contributed by atoms with Gasteiger partial charge in [0.2, 0.25) is 0 Å². The summed E-state index contributed by atoms with van der Waals surface area (Å²) in [4.78, 5) is 0. The predicted octanol–water partition coefficient (Wildman–Crippen LogP) is 4.08. The van der Waals surface area contributed by atoms with E-state index in [0.717, 1.165) is 35.0 Å². The molecule has 1 N–H and O–H groups in total. The normalized spacial score (nSPS) is 11.1. The molecule has 3 aromatic rings. The molecule has 0 spiro atoms. The Bertz CT molecular complexity index is 718. The lowest BCUT2D eigenvalue weighted by Crippen LogP contribution is -1.99. The van der Waals surface area contributed by atoms with Crippen molar-refractivity contribution in [1.29, 1.82) is 0 Å². The Morgan fingerprint density at radius 1 is 0.900 bits per heavy atom. The van der Waals surface area contributed by atoms with Gasteiger partial charge in [0.25, 0.3) is 0 Å². The summed E-state index contributed by atoms with van der Waals surface area (Å²) in [6.07, 6.45) is 1.87. The Balaban J connectivity index is 1.96. The highest BCUT2D eigenvalue weighted by molar-refractivity contribution is 9.08. The number of para-hydroxylation sites is 1. The minimum Gasteiger partial charge on any atom is -0.392 e. The molecule has 0 bridgehead atoms. The van der Waals surface area contributed by atoms with Crippen molar-refractivity contribution in [3.8, 4) is 0 Å². The molecule has 0 amide bonds. The number of hydrogen-bond acceptors (Lipinski definition) is 1. The van der Waals surface area contributed by atoms with Gasteiger partial charge in [0, 0.05) is 16.6 Å². The van der Waals surface area contributed by atoms with E-state index in [0.29, 0.717) is 0 Å². The van der Waals surface area contributed by atoms with E-state index >= 15 is 0 Å². The molecule has 0 aliphatic carbocycles. The minimum absolute atomic E-state index is 0.0727. The van der Waals surface area contributed by atoms with Gasteiger partial charge in [-0.15, -0.1) is 0 Å². The molecular weight excluding hydrogens is 314 g/mol. The van der Waals surface area contributed by atoms with Crippen molar-refractivity contribution in [2.45, 2.75) is 19.4 Å². The van der Waals surface area contributed by atoms with E-state index in [-0.39, 0.29) is 6.61 Å². The molecule has 3 rings (SSSR count). The second kappa shape index (κ2) is 5.81. The molecule has 0 fully saturated rings. The van der Waals surface area contributed by atoms with Crippen molar-refractivity contribution in [1.82, 2.24) is 3.59 Å². The van der Waals surface area contributed by atoms with Gasteiger partial charge in [0.05, 0.1) is 28.3 Å². The summed E-state index contributed by atoms with van der Waals surface area (Å²) < 4.78 is 2.02. The molecule has 1 heterocycles. The average Bonchev–Trinajstić information content (AvgIpc) is 2.78. The Morgan fingerprint density at radius 3 is 2.35 bits per heavy atom. The van der Waals surface area contributed by atoms with Crippen LogP contribution in [0.1, 0.15) is 16.8 Å². The fourth-order valence-corrected chi connectivity index (χ4v) is 3.35. The maximum atomic E-state index is 9.69. The van der Waals surface area contributed by atoms with E-state index in [1.54, 1.807) is 0 Å². The summed E-state index contributed by atoms with van der Waals surface area (Å²) in [5.41, 5.74) is 4.60. The summed E-state index contributed by atoms with van der Waals surface area (Å²) in [5, 5.41) is 10.8. The third-order valence-corrected chi connectivity index (χ3v) is 4.49. The SMILES string of the molecule is OCc1c(CCc2ccccc2)n(Br)c2ccccc12. The number of aryl methyl sites for hydroxylation is 1. The van der Waals surface area contributed by atoms with Crippen LogP contribution >= 0.6 is 16.1 Å². The first-order valence-corrected chi connectivity index (χ1v) is 7.44. The van der Waals surface area contributed by atoms with Crippen LogP contribution in [0.5, 0.6) is 0 Å². The summed E-state index contributed by atoms with van der Waals surface area (Å²) >= 11 is 3.62. The Kier molecular flexibility index (Phi) is 3.90. The maximum Gasteiger partial charge on any atom is 0.0705 e. The molecule has 0 radical (unpaired) electrons. The predicted molar refractivity (Wildman–Crippen MR) is 86.0 cm³/mol. The highest BCUT2D eigenvalue weighted by Gasteiger charge is 2.14. The third kappa shape index (κ3) is 2.39. The number of aromatic nitrogens is 1. The molecule has 0 saturated heterocycles. The van der Waals surface area contributed by atoms with Gasteiger partial charge in [-0.3, -0.25) is 3.59 Å². The highest BCUT2D eigenvalue weighted by atomic mass is 79.9. The molecule has 3 heteroatoms. The van der Waals surface area contributed by atoms with Crippen LogP contribution in [0, 0.1) is 0 Å². The Morgan fingerprint density at radius 2 is 1.60 bits per heavy atom. The van der Waals surface area contributed by atoms with Gasteiger partial charge in [-0.1, -0.05) is 48.5 Å². The molecule has 0 aliphatic rings. The lowest BCUT2D eigenvalue weighted by Gasteiger charge is -2.05. The van der Waals surface area contributed by atoms with Crippen molar-refractivity contribution >= 4 is 27.1 Å². The van der Waals surface area contributed by atoms with Gasteiger partial charge < -0.3 is 5.11 Å². The van der Waals surface area contributed by atoms with Crippen molar-refractivity contribution in [2.24, 2.45) is 0 Å². The van der Waals surface area contributed by atoms with Crippen LogP contribution in [0.3, 0.4) is 0 Å². The highest BCUT2D eigenvalue weighted by Crippen LogP contribution is 2.29. The summed E-state index contributed by atoms with van der Waals surface area (Å²) in [6.45, 7) is 0.0727. The fourth-order valence-electron chi connectivity index (χ4n) is 2.65. The largest absolute Gasteiger partial charge is 0.392 e.